The molecule has 92 valence electrons. The summed E-state index contributed by atoms with van der Waals surface area (Å²) in [7, 11) is 0. The maximum absolute atomic E-state index is 12.2. The van der Waals surface area contributed by atoms with E-state index in [9.17, 15) is 4.79 Å². The molecule has 1 saturated heterocycles. The van der Waals surface area contributed by atoms with Crippen molar-refractivity contribution in [1.29, 1.82) is 0 Å². The van der Waals surface area contributed by atoms with E-state index in [2.05, 4.69) is 25.7 Å². The summed E-state index contributed by atoms with van der Waals surface area (Å²) < 4.78 is 0. The van der Waals surface area contributed by atoms with E-state index in [0.29, 0.717) is 17.7 Å². The van der Waals surface area contributed by atoms with Crippen molar-refractivity contribution in [2.45, 2.75) is 39.7 Å². The molecule has 0 aromatic carbocycles. The molecular weight excluding hydrogens is 218 g/mol. The summed E-state index contributed by atoms with van der Waals surface area (Å²) in [5.41, 5.74) is -0.0571. The molecule has 2 rings (SSSR count). The van der Waals surface area contributed by atoms with Crippen molar-refractivity contribution < 1.29 is 4.79 Å². The molecule has 2 unspecified atom stereocenters. The summed E-state index contributed by atoms with van der Waals surface area (Å²) in [6, 6.07) is 0.648. The second-order valence-corrected chi connectivity index (χ2v) is 7.05. The summed E-state index contributed by atoms with van der Waals surface area (Å²) in [6.45, 7) is 8.66. The van der Waals surface area contributed by atoms with Gasteiger partial charge in [-0.05, 0) is 19.8 Å². The van der Waals surface area contributed by atoms with Crippen LogP contribution in [0.15, 0.2) is 0 Å². The number of Topliss-reactive ketones (excluding diaryl/α,β-unsaturated/α-hetero) is 1. The molecule has 0 bridgehead atoms. The highest BCUT2D eigenvalue weighted by molar-refractivity contribution is 7.99. The van der Waals surface area contributed by atoms with Gasteiger partial charge in [0.2, 0.25) is 0 Å². The van der Waals surface area contributed by atoms with Gasteiger partial charge in [-0.3, -0.25) is 9.69 Å². The molecule has 16 heavy (non-hydrogen) atoms. The summed E-state index contributed by atoms with van der Waals surface area (Å²) >= 11 is 2.04. The summed E-state index contributed by atoms with van der Waals surface area (Å²) in [5, 5.41) is 0. The van der Waals surface area contributed by atoms with E-state index in [0.717, 1.165) is 25.9 Å². The molecule has 0 amide bonds. The van der Waals surface area contributed by atoms with Crippen LogP contribution in [0.4, 0.5) is 0 Å². The summed E-state index contributed by atoms with van der Waals surface area (Å²) in [4.78, 5) is 14.7. The minimum atomic E-state index is -0.0571. The first-order chi connectivity index (χ1) is 7.50. The Bertz CT molecular complexity index is 277. The molecular formula is C13H23NOS. The Morgan fingerprint density at radius 3 is 2.81 bits per heavy atom. The van der Waals surface area contributed by atoms with E-state index in [1.54, 1.807) is 0 Å². The third kappa shape index (κ3) is 2.45. The largest absolute Gasteiger partial charge is 0.299 e. The van der Waals surface area contributed by atoms with Crippen LogP contribution < -0.4 is 0 Å². The summed E-state index contributed by atoms with van der Waals surface area (Å²) in [6.07, 6.45) is 2.18. The highest BCUT2D eigenvalue weighted by Crippen LogP contribution is 2.38. The van der Waals surface area contributed by atoms with Crippen molar-refractivity contribution in [2.24, 2.45) is 11.3 Å². The molecule has 0 radical (unpaired) electrons. The number of thioether (sulfide) groups is 1. The monoisotopic (exact) mass is 241 g/mol. The zero-order valence-electron chi connectivity index (χ0n) is 10.7. The molecule has 2 nitrogen and oxygen atoms in total. The van der Waals surface area contributed by atoms with Crippen LogP contribution >= 0.6 is 11.8 Å². The first-order valence-corrected chi connectivity index (χ1v) is 7.52. The van der Waals surface area contributed by atoms with Gasteiger partial charge in [0.1, 0.15) is 5.78 Å². The van der Waals surface area contributed by atoms with E-state index in [4.69, 9.17) is 0 Å². The lowest BCUT2D eigenvalue weighted by molar-refractivity contribution is -0.128. The highest BCUT2D eigenvalue weighted by atomic mass is 32.2. The number of hydrogen-bond acceptors (Lipinski definition) is 3. The molecule has 1 aliphatic carbocycles. The van der Waals surface area contributed by atoms with Crippen molar-refractivity contribution in [3.63, 3.8) is 0 Å². The van der Waals surface area contributed by atoms with Gasteiger partial charge in [0, 0.05) is 42.0 Å². The quantitative estimate of drug-likeness (QED) is 0.740. The smallest absolute Gasteiger partial charge is 0.142 e. The zero-order valence-corrected chi connectivity index (χ0v) is 11.5. The second-order valence-electron chi connectivity index (χ2n) is 5.90. The average Bonchev–Trinajstić information content (AvgIpc) is 2.49. The van der Waals surface area contributed by atoms with Crippen molar-refractivity contribution in [2.75, 3.05) is 24.6 Å². The first kappa shape index (κ1) is 12.4. The molecule has 1 aliphatic heterocycles. The fourth-order valence-electron chi connectivity index (χ4n) is 2.83. The van der Waals surface area contributed by atoms with Gasteiger partial charge in [-0.1, -0.05) is 13.8 Å². The molecule has 0 aromatic rings. The molecule has 1 heterocycles. The van der Waals surface area contributed by atoms with Crippen LogP contribution in [0.1, 0.15) is 33.6 Å². The summed E-state index contributed by atoms with van der Waals surface area (Å²) in [5.74, 6) is 3.26. The van der Waals surface area contributed by atoms with Crippen molar-refractivity contribution in [1.82, 2.24) is 4.90 Å². The third-order valence-electron chi connectivity index (χ3n) is 4.12. The molecule has 2 aliphatic rings. The van der Waals surface area contributed by atoms with E-state index >= 15 is 0 Å². The predicted octanol–water partition coefficient (Wildman–Crippen LogP) is 2.43. The van der Waals surface area contributed by atoms with Crippen LogP contribution in [-0.2, 0) is 4.79 Å². The van der Waals surface area contributed by atoms with Crippen LogP contribution in [0, 0.1) is 11.3 Å². The van der Waals surface area contributed by atoms with Gasteiger partial charge < -0.3 is 0 Å². The first-order valence-electron chi connectivity index (χ1n) is 6.37. The Balaban J connectivity index is 1.93. The van der Waals surface area contributed by atoms with Gasteiger partial charge in [-0.2, -0.15) is 11.8 Å². The van der Waals surface area contributed by atoms with Crippen LogP contribution in [-0.4, -0.2) is 41.3 Å². The number of carbonyl (C=O) groups is 1. The van der Waals surface area contributed by atoms with Gasteiger partial charge in [-0.15, -0.1) is 0 Å². The number of rotatable bonds is 2. The molecule has 1 saturated carbocycles. The second kappa shape index (κ2) is 4.69. The lowest BCUT2D eigenvalue weighted by Crippen LogP contribution is -2.44. The highest BCUT2D eigenvalue weighted by Gasteiger charge is 2.41. The van der Waals surface area contributed by atoms with E-state index in [1.165, 1.54) is 11.5 Å². The average molecular weight is 241 g/mol. The van der Waals surface area contributed by atoms with Gasteiger partial charge in [0.15, 0.2) is 0 Å². The minimum Gasteiger partial charge on any atom is -0.299 e. The normalized spacial score (nSPS) is 35.6. The van der Waals surface area contributed by atoms with Crippen molar-refractivity contribution in [3.05, 3.63) is 0 Å². The standard InChI is InChI=1S/C13H23NOS/c1-10-9-16-7-6-14(10)8-11-4-5-13(2,3)12(11)15/h10-11H,4-9H2,1-3H3. The van der Waals surface area contributed by atoms with Crippen LogP contribution in [0.25, 0.3) is 0 Å². The van der Waals surface area contributed by atoms with E-state index in [1.807, 2.05) is 11.8 Å². The maximum Gasteiger partial charge on any atom is 0.142 e. The van der Waals surface area contributed by atoms with Crippen LogP contribution in [0.5, 0.6) is 0 Å². The lowest BCUT2D eigenvalue weighted by atomic mass is 9.89. The van der Waals surface area contributed by atoms with Crippen molar-refractivity contribution in [3.8, 4) is 0 Å². The Hall–Kier alpha value is -0.0200. The van der Waals surface area contributed by atoms with Crippen LogP contribution in [0.2, 0.25) is 0 Å². The molecule has 2 fully saturated rings. The Morgan fingerprint density at radius 1 is 1.50 bits per heavy atom. The third-order valence-corrected chi connectivity index (χ3v) is 5.31. The fraction of sp³-hybridized carbons (Fsp3) is 0.923. The van der Waals surface area contributed by atoms with E-state index < -0.39 is 0 Å². The molecule has 0 N–H and O–H groups in total. The molecule has 3 heteroatoms. The Morgan fingerprint density at radius 2 is 2.25 bits per heavy atom. The van der Waals surface area contributed by atoms with E-state index in [-0.39, 0.29) is 5.41 Å². The predicted molar refractivity (Wildman–Crippen MR) is 69.9 cm³/mol. The van der Waals surface area contributed by atoms with Gasteiger partial charge in [-0.25, -0.2) is 0 Å². The van der Waals surface area contributed by atoms with Crippen LogP contribution in [0.3, 0.4) is 0 Å². The number of nitrogens with zero attached hydrogens (tertiary/aromatic N) is 1. The minimum absolute atomic E-state index is 0.0571. The van der Waals surface area contributed by atoms with Gasteiger partial charge in [0.25, 0.3) is 0 Å². The number of carbonyl (C=O) groups excluding carboxylic acids is 1. The number of ketones is 1. The molecule has 2 atom stereocenters. The molecule has 0 aromatic heterocycles. The lowest BCUT2D eigenvalue weighted by Gasteiger charge is -2.34. The maximum atomic E-state index is 12.2. The van der Waals surface area contributed by atoms with Gasteiger partial charge in [0.05, 0.1) is 0 Å². The zero-order chi connectivity index (χ0) is 11.8. The van der Waals surface area contributed by atoms with Crippen molar-refractivity contribution >= 4 is 17.5 Å². The Labute approximate surface area is 103 Å². The van der Waals surface area contributed by atoms with Gasteiger partial charge >= 0.3 is 0 Å². The fourth-order valence-corrected chi connectivity index (χ4v) is 3.91. The number of hydrogen-bond donors (Lipinski definition) is 0. The topological polar surface area (TPSA) is 20.3 Å². The molecule has 0 spiro atoms. The SMILES string of the molecule is CC1CSCCN1CC1CCC(C)(C)C1=O. The Kier molecular flexibility index (Phi) is 3.65.